The highest BCUT2D eigenvalue weighted by atomic mass is 32.2. The molecule has 3 aliphatic rings. The molecule has 1 aliphatic carbocycles. The van der Waals surface area contributed by atoms with Crippen molar-refractivity contribution >= 4 is 26.7 Å². The Hall–Kier alpha value is -2.50. The highest BCUT2D eigenvalue weighted by molar-refractivity contribution is 7.92. The summed E-state index contributed by atoms with van der Waals surface area (Å²) in [6, 6.07) is 4.05. The average Bonchev–Trinajstić information content (AvgIpc) is 3.42. The number of rotatable bonds is 5. The van der Waals surface area contributed by atoms with Crippen molar-refractivity contribution in [2.45, 2.75) is 56.0 Å². The summed E-state index contributed by atoms with van der Waals surface area (Å²) < 4.78 is 40.2. The Morgan fingerprint density at radius 2 is 2.00 bits per heavy atom. The van der Waals surface area contributed by atoms with Gasteiger partial charge in [-0.2, -0.15) is 10.2 Å². The Morgan fingerprint density at radius 1 is 1.17 bits per heavy atom. The molecule has 2 atom stereocenters. The zero-order valence-electron chi connectivity index (χ0n) is 20.5. The standard InChI is InChI=1S/C24H32N6O4S/c1-16-15-33-13-11-29(16)19-14-17(24(8-9-24)35(3,31)32)23-22(25-19)21(27-28(23)2)18-7-10-30(26-18)20-6-4-5-12-34-20/h7,10,14,16,20H,4-6,8-9,11-13,15H2,1-3H3/t16-,20?/m1/s1. The van der Waals surface area contributed by atoms with Gasteiger partial charge in [0.1, 0.15) is 29.0 Å². The molecule has 35 heavy (non-hydrogen) atoms. The van der Waals surface area contributed by atoms with Gasteiger partial charge in [-0.05, 0) is 51.2 Å². The van der Waals surface area contributed by atoms with Crippen LogP contribution in [0.3, 0.4) is 0 Å². The summed E-state index contributed by atoms with van der Waals surface area (Å²) in [6.45, 7) is 4.77. The van der Waals surface area contributed by atoms with Crippen molar-refractivity contribution in [1.82, 2.24) is 24.5 Å². The van der Waals surface area contributed by atoms with Crippen molar-refractivity contribution in [3.05, 3.63) is 23.9 Å². The molecule has 0 N–H and O–H groups in total. The molecule has 0 spiro atoms. The summed E-state index contributed by atoms with van der Waals surface area (Å²) in [4.78, 5) is 7.27. The molecule has 0 bridgehead atoms. The molecule has 2 saturated heterocycles. The van der Waals surface area contributed by atoms with E-state index < -0.39 is 14.6 Å². The predicted molar refractivity (Wildman–Crippen MR) is 132 cm³/mol. The second-order valence-electron chi connectivity index (χ2n) is 10.1. The maximum Gasteiger partial charge on any atom is 0.157 e. The minimum absolute atomic E-state index is 0.0688. The van der Waals surface area contributed by atoms with Gasteiger partial charge in [0.2, 0.25) is 0 Å². The monoisotopic (exact) mass is 500 g/mol. The molecule has 5 heterocycles. The van der Waals surface area contributed by atoms with Crippen molar-refractivity contribution in [3.63, 3.8) is 0 Å². The molecule has 1 saturated carbocycles. The molecular formula is C24H32N6O4S. The Kier molecular flexibility index (Phi) is 5.42. The molecule has 11 heteroatoms. The third-order valence-electron chi connectivity index (χ3n) is 7.65. The number of pyridine rings is 1. The van der Waals surface area contributed by atoms with E-state index in [2.05, 4.69) is 11.8 Å². The fraction of sp³-hybridized carbons (Fsp3) is 0.625. The number of sulfone groups is 1. The normalized spacial score (nSPS) is 24.7. The lowest BCUT2D eigenvalue weighted by Gasteiger charge is -2.34. The highest BCUT2D eigenvalue weighted by Crippen LogP contribution is 2.55. The van der Waals surface area contributed by atoms with Gasteiger partial charge in [0.15, 0.2) is 9.84 Å². The minimum atomic E-state index is -3.33. The maximum absolute atomic E-state index is 13.0. The number of nitrogens with zero attached hydrogens (tertiary/aromatic N) is 6. The fourth-order valence-corrected chi connectivity index (χ4v) is 6.91. The number of morpholine rings is 1. The molecule has 0 aromatic carbocycles. The molecule has 6 rings (SSSR count). The Labute approximate surface area is 205 Å². The van der Waals surface area contributed by atoms with Gasteiger partial charge in [-0.15, -0.1) is 0 Å². The summed E-state index contributed by atoms with van der Waals surface area (Å²) in [7, 11) is -1.47. The summed E-state index contributed by atoms with van der Waals surface area (Å²) in [5.41, 5.74) is 3.60. The second kappa shape index (κ2) is 8.28. The van der Waals surface area contributed by atoms with Crippen LogP contribution in [-0.4, -0.2) is 71.6 Å². The van der Waals surface area contributed by atoms with Crippen LogP contribution in [0.15, 0.2) is 18.3 Å². The first kappa shape index (κ1) is 22.9. The van der Waals surface area contributed by atoms with E-state index >= 15 is 0 Å². The lowest BCUT2D eigenvalue weighted by Crippen LogP contribution is -2.44. The van der Waals surface area contributed by atoms with Crippen molar-refractivity contribution in [2.24, 2.45) is 7.05 Å². The Bertz CT molecular complexity index is 1370. The largest absolute Gasteiger partial charge is 0.377 e. The van der Waals surface area contributed by atoms with Gasteiger partial charge in [-0.1, -0.05) is 0 Å². The molecule has 3 fully saturated rings. The van der Waals surface area contributed by atoms with E-state index in [-0.39, 0.29) is 12.3 Å². The van der Waals surface area contributed by atoms with E-state index in [1.807, 2.05) is 30.1 Å². The van der Waals surface area contributed by atoms with Gasteiger partial charge in [0, 0.05) is 38.2 Å². The molecule has 188 valence electrons. The van der Waals surface area contributed by atoms with Gasteiger partial charge in [0.25, 0.3) is 0 Å². The predicted octanol–water partition coefficient (Wildman–Crippen LogP) is 2.79. The number of aryl methyl sites for hydroxylation is 1. The molecule has 2 aliphatic heterocycles. The molecule has 3 aromatic rings. The smallest absolute Gasteiger partial charge is 0.157 e. The third kappa shape index (κ3) is 3.75. The average molecular weight is 501 g/mol. The van der Waals surface area contributed by atoms with E-state index in [4.69, 9.17) is 24.7 Å². The first-order chi connectivity index (χ1) is 16.8. The molecule has 3 aromatic heterocycles. The van der Waals surface area contributed by atoms with E-state index in [0.717, 1.165) is 42.8 Å². The zero-order valence-corrected chi connectivity index (χ0v) is 21.3. The fourth-order valence-electron chi connectivity index (χ4n) is 5.51. The first-order valence-corrected chi connectivity index (χ1v) is 14.3. The maximum atomic E-state index is 13.0. The van der Waals surface area contributed by atoms with Crippen LogP contribution in [-0.2, 0) is 31.1 Å². The SMILES string of the molecule is C[C@@H]1COCCN1c1cc(C2(S(C)(=O)=O)CC2)c2c(n1)c(-c1ccn(C3CCCCO3)n1)nn2C. The van der Waals surface area contributed by atoms with Crippen LogP contribution in [0.1, 0.15) is 50.8 Å². The van der Waals surface area contributed by atoms with Crippen molar-refractivity contribution in [2.75, 3.05) is 37.5 Å². The van der Waals surface area contributed by atoms with Crippen LogP contribution in [0.2, 0.25) is 0 Å². The van der Waals surface area contributed by atoms with E-state index in [1.54, 1.807) is 4.68 Å². The van der Waals surface area contributed by atoms with E-state index in [9.17, 15) is 8.42 Å². The number of hydrogen-bond donors (Lipinski definition) is 0. The Morgan fingerprint density at radius 3 is 2.69 bits per heavy atom. The van der Waals surface area contributed by atoms with Gasteiger partial charge in [-0.3, -0.25) is 4.68 Å². The number of aromatic nitrogens is 5. The lowest BCUT2D eigenvalue weighted by atomic mass is 10.1. The quantitative estimate of drug-likeness (QED) is 0.527. The molecule has 0 amide bonds. The highest BCUT2D eigenvalue weighted by Gasteiger charge is 2.55. The van der Waals surface area contributed by atoms with Crippen LogP contribution >= 0.6 is 0 Å². The van der Waals surface area contributed by atoms with Gasteiger partial charge in [0.05, 0.1) is 29.5 Å². The Balaban J connectivity index is 1.53. The molecule has 10 nitrogen and oxygen atoms in total. The topological polar surface area (TPSA) is 104 Å². The van der Waals surface area contributed by atoms with Crippen LogP contribution in [0, 0.1) is 0 Å². The minimum Gasteiger partial charge on any atom is -0.377 e. The van der Waals surface area contributed by atoms with E-state index in [1.165, 1.54) is 6.26 Å². The summed E-state index contributed by atoms with van der Waals surface area (Å²) in [6.07, 6.45) is 7.54. The second-order valence-corrected chi connectivity index (χ2v) is 12.4. The summed E-state index contributed by atoms with van der Waals surface area (Å²) >= 11 is 0. The van der Waals surface area contributed by atoms with Crippen LogP contribution in [0.5, 0.6) is 0 Å². The van der Waals surface area contributed by atoms with Gasteiger partial charge < -0.3 is 14.4 Å². The van der Waals surface area contributed by atoms with Gasteiger partial charge >= 0.3 is 0 Å². The molecule has 0 radical (unpaired) electrons. The van der Waals surface area contributed by atoms with Crippen molar-refractivity contribution in [3.8, 4) is 11.4 Å². The number of fused-ring (bicyclic) bond motifs is 1. The molecule has 1 unspecified atom stereocenters. The summed E-state index contributed by atoms with van der Waals surface area (Å²) in [5.74, 6) is 0.766. The number of hydrogen-bond acceptors (Lipinski definition) is 8. The van der Waals surface area contributed by atoms with Crippen molar-refractivity contribution in [1.29, 1.82) is 0 Å². The molecular weight excluding hydrogens is 468 g/mol. The number of anilines is 1. The van der Waals surface area contributed by atoms with E-state index in [0.29, 0.717) is 49.5 Å². The van der Waals surface area contributed by atoms with Gasteiger partial charge in [-0.25, -0.2) is 18.1 Å². The van der Waals surface area contributed by atoms with Crippen molar-refractivity contribution < 1.29 is 17.9 Å². The third-order valence-corrected chi connectivity index (χ3v) is 9.69. The summed E-state index contributed by atoms with van der Waals surface area (Å²) in [5, 5.41) is 9.61. The lowest BCUT2D eigenvalue weighted by molar-refractivity contribution is -0.0393. The van der Waals surface area contributed by atoms with Crippen LogP contribution in [0.4, 0.5) is 5.82 Å². The van der Waals surface area contributed by atoms with Crippen LogP contribution in [0.25, 0.3) is 22.4 Å². The van der Waals surface area contributed by atoms with Crippen LogP contribution < -0.4 is 4.90 Å². The first-order valence-electron chi connectivity index (χ1n) is 12.4. The zero-order chi connectivity index (χ0) is 24.4. The number of ether oxygens (including phenoxy) is 2.